The molecule has 1 rings (SSSR count). The molecule has 0 spiro atoms. The molecule has 0 aliphatic rings. The summed E-state index contributed by atoms with van der Waals surface area (Å²) in [6.45, 7) is 3.67. The molecule has 0 radical (unpaired) electrons. The van der Waals surface area contributed by atoms with Crippen LogP contribution in [0.25, 0.3) is 0 Å². The first kappa shape index (κ1) is 11.8. The Morgan fingerprint density at radius 3 is 3.00 bits per heavy atom. The summed E-state index contributed by atoms with van der Waals surface area (Å²) in [4.78, 5) is 12.3. The molecule has 0 saturated heterocycles. The number of rotatable bonds is 2. The second-order valence-corrected chi connectivity index (χ2v) is 4.20. The summed E-state index contributed by atoms with van der Waals surface area (Å²) < 4.78 is 0. The van der Waals surface area contributed by atoms with Gasteiger partial charge in [-0.15, -0.1) is 11.3 Å². The highest BCUT2D eigenvalue weighted by atomic mass is 32.1. The van der Waals surface area contributed by atoms with Crippen molar-refractivity contribution in [3.05, 3.63) is 21.9 Å². The van der Waals surface area contributed by atoms with Crippen molar-refractivity contribution in [3.8, 4) is 11.8 Å². The van der Waals surface area contributed by atoms with Gasteiger partial charge in [-0.2, -0.15) is 0 Å². The number of nitrogens with one attached hydrogen (secondary N) is 1. The first-order valence-corrected chi connectivity index (χ1v) is 5.50. The Morgan fingerprint density at radius 1 is 1.67 bits per heavy atom. The molecule has 1 amide bonds. The Morgan fingerprint density at radius 2 is 2.40 bits per heavy atom. The predicted molar refractivity (Wildman–Crippen MR) is 60.9 cm³/mol. The fourth-order valence-electron chi connectivity index (χ4n) is 0.993. The van der Waals surface area contributed by atoms with Crippen molar-refractivity contribution in [3.63, 3.8) is 0 Å². The monoisotopic (exact) mass is 223 g/mol. The number of hydrogen-bond donors (Lipinski definition) is 2. The Balaban J connectivity index is 2.71. The highest BCUT2D eigenvalue weighted by Crippen LogP contribution is 2.13. The topological polar surface area (TPSA) is 49.3 Å². The fourth-order valence-corrected chi connectivity index (χ4v) is 1.75. The van der Waals surface area contributed by atoms with Gasteiger partial charge >= 0.3 is 0 Å². The smallest absolute Gasteiger partial charge is 0.252 e. The lowest BCUT2D eigenvalue weighted by Crippen LogP contribution is -2.29. The third-order valence-corrected chi connectivity index (χ3v) is 2.42. The van der Waals surface area contributed by atoms with E-state index in [-0.39, 0.29) is 18.6 Å². The first-order valence-electron chi connectivity index (χ1n) is 4.62. The maximum Gasteiger partial charge on any atom is 0.252 e. The van der Waals surface area contributed by atoms with E-state index in [0.29, 0.717) is 5.56 Å². The summed E-state index contributed by atoms with van der Waals surface area (Å²) in [7, 11) is 0. The summed E-state index contributed by atoms with van der Waals surface area (Å²) in [6.07, 6.45) is 0. The number of aliphatic hydroxyl groups is 1. The van der Waals surface area contributed by atoms with Gasteiger partial charge in [0.15, 0.2) is 0 Å². The molecule has 0 aromatic carbocycles. The van der Waals surface area contributed by atoms with Crippen LogP contribution in [0, 0.1) is 11.8 Å². The van der Waals surface area contributed by atoms with Crippen LogP contribution in [0.4, 0.5) is 0 Å². The Hall–Kier alpha value is -1.31. The second-order valence-electron chi connectivity index (χ2n) is 3.29. The van der Waals surface area contributed by atoms with E-state index in [9.17, 15) is 4.79 Å². The van der Waals surface area contributed by atoms with Gasteiger partial charge in [-0.1, -0.05) is 11.8 Å². The minimum Gasteiger partial charge on any atom is -0.384 e. The van der Waals surface area contributed by atoms with Crippen LogP contribution >= 0.6 is 11.3 Å². The Kier molecular flexibility index (Phi) is 4.35. The van der Waals surface area contributed by atoms with E-state index in [1.165, 1.54) is 11.3 Å². The van der Waals surface area contributed by atoms with Crippen molar-refractivity contribution in [1.82, 2.24) is 5.32 Å². The summed E-state index contributed by atoms with van der Waals surface area (Å²) >= 11 is 1.40. The average molecular weight is 223 g/mol. The molecule has 3 nitrogen and oxygen atoms in total. The van der Waals surface area contributed by atoms with E-state index in [1.807, 2.05) is 13.8 Å². The van der Waals surface area contributed by atoms with Crippen molar-refractivity contribution in [1.29, 1.82) is 0 Å². The van der Waals surface area contributed by atoms with E-state index in [4.69, 9.17) is 5.11 Å². The number of carbonyl (C=O) groups excluding carboxylic acids is 1. The van der Waals surface area contributed by atoms with Gasteiger partial charge < -0.3 is 10.4 Å². The Bertz CT molecular complexity index is 398. The molecule has 4 heteroatoms. The molecule has 0 atom stereocenters. The zero-order chi connectivity index (χ0) is 11.3. The van der Waals surface area contributed by atoms with E-state index < -0.39 is 0 Å². The first-order chi connectivity index (χ1) is 7.13. The van der Waals surface area contributed by atoms with Crippen LogP contribution in [-0.2, 0) is 0 Å². The largest absolute Gasteiger partial charge is 0.384 e. The average Bonchev–Trinajstić information content (AvgIpc) is 2.62. The molecular formula is C11H13NO2S. The summed E-state index contributed by atoms with van der Waals surface area (Å²) in [6, 6.07) is 1.86. The minimum absolute atomic E-state index is 0.0849. The SMILES string of the molecule is CC(C)NC(=O)c1csc(C#CCO)c1. The highest BCUT2D eigenvalue weighted by molar-refractivity contribution is 7.10. The molecular weight excluding hydrogens is 210 g/mol. The normalized spacial score (nSPS) is 9.60. The van der Waals surface area contributed by atoms with Crippen LogP contribution in [-0.4, -0.2) is 23.7 Å². The molecule has 1 aromatic heterocycles. The van der Waals surface area contributed by atoms with Crippen LogP contribution in [0.3, 0.4) is 0 Å². The van der Waals surface area contributed by atoms with Crippen molar-refractivity contribution in [2.45, 2.75) is 19.9 Å². The summed E-state index contributed by atoms with van der Waals surface area (Å²) in [5.41, 5.74) is 0.621. The molecule has 0 bridgehead atoms. The summed E-state index contributed by atoms with van der Waals surface area (Å²) in [5, 5.41) is 13.1. The minimum atomic E-state index is -0.161. The van der Waals surface area contributed by atoms with Gasteiger partial charge in [0.05, 0.1) is 10.4 Å². The maximum atomic E-state index is 11.5. The summed E-state index contributed by atoms with van der Waals surface area (Å²) in [5.74, 6) is 5.22. The van der Waals surface area contributed by atoms with E-state index in [0.717, 1.165) is 4.88 Å². The molecule has 2 N–H and O–H groups in total. The number of carbonyl (C=O) groups is 1. The number of hydrogen-bond acceptors (Lipinski definition) is 3. The standard InChI is InChI=1S/C11H13NO2S/c1-8(2)12-11(14)9-6-10(15-7-9)4-3-5-13/h6-8,13H,5H2,1-2H3,(H,12,14). The molecule has 0 unspecified atom stereocenters. The number of amides is 1. The van der Waals surface area contributed by atoms with Gasteiger partial charge in [-0.05, 0) is 19.9 Å². The third-order valence-electron chi connectivity index (χ3n) is 1.57. The maximum absolute atomic E-state index is 11.5. The lowest BCUT2D eigenvalue weighted by Gasteiger charge is -2.05. The van der Waals surface area contributed by atoms with Crippen LogP contribution in [0.15, 0.2) is 11.4 Å². The molecule has 15 heavy (non-hydrogen) atoms. The van der Waals surface area contributed by atoms with Crippen molar-refractivity contribution < 1.29 is 9.90 Å². The fraction of sp³-hybridized carbons (Fsp3) is 0.364. The van der Waals surface area contributed by atoms with Crippen LogP contribution in [0.1, 0.15) is 29.1 Å². The zero-order valence-electron chi connectivity index (χ0n) is 8.70. The van der Waals surface area contributed by atoms with Gasteiger partial charge in [0.2, 0.25) is 0 Å². The lowest BCUT2D eigenvalue weighted by atomic mass is 10.2. The van der Waals surface area contributed by atoms with Gasteiger partial charge in [-0.25, -0.2) is 0 Å². The van der Waals surface area contributed by atoms with Crippen molar-refractivity contribution in [2.24, 2.45) is 0 Å². The highest BCUT2D eigenvalue weighted by Gasteiger charge is 2.08. The van der Waals surface area contributed by atoms with E-state index in [2.05, 4.69) is 17.2 Å². The van der Waals surface area contributed by atoms with Crippen molar-refractivity contribution >= 4 is 17.2 Å². The quantitative estimate of drug-likeness (QED) is 0.741. The molecule has 0 fully saturated rings. The molecule has 1 heterocycles. The predicted octanol–water partition coefficient (Wildman–Crippen LogP) is 1.23. The molecule has 0 saturated carbocycles. The third kappa shape index (κ3) is 3.74. The lowest BCUT2D eigenvalue weighted by molar-refractivity contribution is 0.0943. The van der Waals surface area contributed by atoms with Crippen molar-refractivity contribution in [2.75, 3.05) is 6.61 Å². The zero-order valence-corrected chi connectivity index (χ0v) is 9.52. The second kappa shape index (κ2) is 5.54. The van der Waals surface area contributed by atoms with Crippen LogP contribution in [0.2, 0.25) is 0 Å². The number of aliphatic hydroxyl groups excluding tert-OH is 1. The van der Waals surface area contributed by atoms with E-state index in [1.54, 1.807) is 11.4 Å². The molecule has 80 valence electrons. The number of thiophene rings is 1. The van der Waals surface area contributed by atoms with Gasteiger partial charge in [-0.3, -0.25) is 4.79 Å². The van der Waals surface area contributed by atoms with E-state index >= 15 is 0 Å². The van der Waals surface area contributed by atoms with Gasteiger partial charge in [0, 0.05) is 11.4 Å². The van der Waals surface area contributed by atoms with Crippen LogP contribution < -0.4 is 5.32 Å². The van der Waals surface area contributed by atoms with Gasteiger partial charge in [0.1, 0.15) is 6.61 Å². The molecule has 1 aromatic rings. The van der Waals surface area contributed by atoms with Gasteiger partial charge in [0.25, 0.3) is 5.91 Å². The van der Waals surface area contributed by atoms with Crippen LogP contribution in [0.5, 0.6) is 0 Å². The molecule has 0 aliphatic heterocycles. The Labute approximate surface area is 93.1 Å². The molecule has 0 aliphatic carbocycles.